The molecule has 0 spiro atoms. The van der Waals surface area contributed by atoms with Gasteiger partial charge in [-0.1, -0.05) is 11.6 Å². The van der Waals surface area contributed by atoms with Crippen molar-refractivity contribution in [2.45, 2.75) is 0 Å². The summed E-state index contributed by atoms with van der Waals surface area (Å²) in [6, 6.07) is 10.6. The summed E-state index contributed by atoms with van der Waals surface area (Å²) in [6.07, 6.45) is 4.32. The maximum atomic E-state index is 11.8. The number of carbonyl (C=O) groups excluding carboxylic acids is 1. The third-order valence-corrected chi connectivity index (χ3v) is 3.65. The highest BCUT2D eigenvalue weighted by Crippen LogP contribution is 2.31. The molecule has 0 unspecified atom stereocenters. The maximum absolute atomic E-state index is 11.8. The fraction of sp³-hybridized carbons (Fsp3) is 0. The number of non-ortho nitro benzene ring substituents is 1. The predicted molar refractivity (Wildman–Crippen MR) is 95.1 cm³/mol. The summed E-state index contributed by atoms with van der Waals surface area (Å²) in [7, 11) is 0. The first kappa shape index (κ1) is 17.3. The number of carbonyl (C=O) groups is 1. The molecule has 26 heavy (non-hydrogen) atoms. The Morgan fingerprint density at radius 3 is 2.85 bits per heavy atom. The van der Waals surface area contributed by atoms with Gasteiger partial charge in [0.15, 0.2) is 0 Å². The molecule has 2 aromatic heterocycles. The zero-order valence-electron chi connectivity index (χ0n) is 13.1. The van der Waals surface area contributed by atoms with Gasteiger partial charge in [0.05, 0.1) is 21.7 Å². The monoisotopic (exact) mass is 370 g/mol. The van der Waals surface area contributed by atoms with E-state index in [1.54, 1.807) is 30.5 Å². The van der Waals surface area contributed by atoms with Crippen molar-refractivity contribution < 1.29 is 14.1 Å². The molecule has 0 aliphatic carbocycles. The number of hydrogen-bond donors (Lipinski definition) is 1. The second kappa shape index (κ2) is 7.58. The molecule has 1 amide bonds. The standard InChI is InChI=1S/C17H11ClN4O4/c18-15-8-12(22(24)25)3-5-14(15)16-6-4-13(26-16)10-20-21-17(23)11-2-1-7-19-9-11/h1-10H,(H,21,23)/b20-10+. The van der Waals surface area contributed by atoms with Crippen LogP contribution in [0.2, 0.25) is 5.02 Å². The van der Waals surface area contributed by atoms with Gasteiger partial charge in [-0.05, 0) is 30.3 Å². The number of nitrogens with zero attached hydrogens (tertiary/aromatic N) is 3. The van der Waals surface area contributed by atoms with Crippen molar-refractivity contribution in [3.63, 3.8) is 0 Å². The van der Waals surface area contributed by atoms with Gasteiger partial charge in [0.1, 0.15) is 11.5 Å². The second-order valence-electron chi connectivity index (χ2n) is 5.06. The van der Waals surface area contributed by atoms with Crippen LogP contribution in [0.4, 0.5) is 5.69 Å². The van der Waals surface area contributed by atoms with E-state index in [1.165, 1.54) is 30.6 Å². The first-order valence-electron chi connectivity index (χ1n) is 7.32. The second-order valence-corrected chi connectivity index (χ2v) is 5.47. The Balaban J connectivity index is 1.70. The van der Waals surface area contributed by atoms with Crippen molar-refractivity contribution in [2.75, 3.05) is 0 Å². The number of pyridine rings is 1. The number of amides is 1. The number of hydrogen-bond acceptors (Lipinski definition) is 6. The van der Waals surface area contributed by atoms with Gasteiger partial charge < -0.3 is 4.42 Å². The quantitative estimate of drug-likeness (QED) is 0.418. The van der Waals surface area contributed by atoms with Crippen molar-refractivity contribution in [1.29, 1.82) is 0 Å². The van der Waals surface area contributed by atoms with Crippen LogP contribution in [0.5, 0.6) is 0 Å². The summed E-state index contributed by atoms with van der Waals surface area (Å²) in [5, 5.41) is 14.8. The fourth-order valence-corrected chi connectivity index (χ4v) is 2.37. The molecule has 9 heteroatoms. The van der Waals surface area contributed by atoms with Gasteiger partial charge in [-0.25, -0.2) is 5.43 Å². The van der Waals surface area contributed by atoms with Crippen molar-refractivity contribution in [3.8, 4) is 11.3 Å². The predicted octanol–water partition coefficient (Wildman–Crippen LogP) is 3.67. The van der Waals surface area contributed by atoms with Gasteiger partial charge in [0.25, 0.3) is 11.6 Å². The highest BCUT2D eigenvalue weighted by Gasteiger charge is 2.13. The van der Waals surface area contributed by atoms with E-state index in [0.717, 1.165) is 0 Å². The topological polar surface area (TPSA) is 111 Å². The Morgan fingerprint density at radius 1 is 1.31 bits per heavy atom. The van der Waals surface area contributed by atoms with Crippen LogP contribution in [0.1, 0.15) is 16.1 Å². The minimum absolute atomic E-state index is 0.106. The Hall–Kier alpha value is -3.52. The van der Waals surface area contributed by atoms with Gasteiger partial charge in [-0.3, -0.25) is 19.9 Å². The van der Waals surface area contributed by atoms with Crippen LogP contribution >= 0.6 is 11.6 Å². The van der Waals surface area contributed by atoms with Gasteiger partial charge in [0.2, 0.25) is 0 Å². The SMILES string of the molecule is O=C(N/N=C/c1ccc(-c2ccc([N+](=O)[O-])cc2Cl)o1)c1cccnc1. The lowest BCUT2D eigenvalue weighted by Crippen LogP contribution is -2.17. The van der Waals surface area contributed by atoms with Crippen LogP contribution < -0.4 is 5.43 Å². The van der Waals surface area contributed by atoms with Crippen molar-refractivity contribution in [3.05, 3.63) is 81.3 Å². The minimum atomic E-state index is -0.527. The zero-order chi connectivity index (χ0) is 18.5. The zero-order valence-corrected chi connectivity index (χ0v) is 13.9. The van der Waals surface area contributed by atoms with E-state index in [2.05, 4.69) is 15.5 Å². The molecule has 3 aromatic rings. The molecule has 3 rings (SSSR count). The number of aromatic nitrogens is 1. The number of nitrogens with one attached hydrogen (secondary N) is 1. The van der Waals surface area contributed by atoms with E-state index in [4.69, 9.17) is 16.0 Å². The van der Waals surface area contributed by atoms with Crippen LogP contribution in [0.15, 0.2) is 64.4 Å². The van der Waals surface area contributed by atoms with Crippen molar-refractivity contribution in [2.24, 2.45) is 5.10 Å². The molecule has 0 saturated heterocycles. The third-order valence-electron chi connectivity index (χ3n) is 3.34. The van der Waals surface area contributed by atoms with Crippen LogP contribution in [0, 0.1) is 10.1 Å². The lowest BCUT2D eigenvalue weighted by molar-refractivity contribution is -0.384. The first-order chi connectivity index (χ1) is 12.5. The summed E-state index contributed by atoms with van der Waals surface area (Å²) in [6.45, 7) is 0. The van der Waals surface area contributed by atoms with E-state index < -0.39 is 10.8 Å². The third kappa shape index (κ3) is 3.93. The Bertz CT molecular complexity index is 985. The molecule has 1 aromatic carbocycles. The van der Waals surface area contributed by atoms with Gasteiger partial charge in [-0.15, -0.1) is 0 Å². The normalized spacial score (nSPS) is 10.8. The maximum Gasteiger partial charge on any atom is 0.272 e. The number of rotatable bonds is 5. The molecule has 0 atom stereocenters. The summed E-state index contributed by atoms with van der Waals surface area (Å²) < 4.78 is 5.57. The van der Waals surface area contributed by atoms with E-state index in [0.29, 0.717) is 22.6 Å². The molecule has 0 fully saturated rings. The van der Waals surface area contributed by atoms with E-state index in [1.807, 2.05) is 0 Å². The number of furan rings is 1. The molecule has 8 nitrogen and oxygen atoms in total. The number of halogens is 1. The fourth-order valence-electron chi connectivity index (χ4n) is 2.10. The van der Waals surface area contributed by atoms with Crippen molar-refractivity contribution >= 4 is 29.4 Å². The average molecular weight is 371 g/mol. The molecular weight excluding hydrogens is 360 g/mol. The number of benzene rings is 1. The van der Waals surface area contributed by atoms with Gasteiger partial charge in [0, 0.05) is 30.1 Å². The number of hydrazone groups is 1. The smallest absolute Gasteiger partial charge is 0.272 e. The molecule has 0 aliphatic heterocycles. The molecule has 2 heterocycles. The first-order valence-corrected chi connectivity index (χ1v) is 7.70. The lowest BCUT2D eigenvalue weighted by atomic mass is 10.1. The molecule has 0 radical (unpaired) electrons. The number of nitro benzene ring substituents is 1. The number of nitro groups is 1. The molecular formula is C17H11ClN4O4. The summed E-state index contributed by atoms with van der Waals surface area (Å²) in [5.41, 5.74) is 3.14. The van der Waals surface area contributed by atoms with Crippen LogP contribution in [0.3, 0.4) is 0 Å². The molecule has 0 aliphatic rings. The summed E-state index contributed by atoms with van der Waals surface area (Å²) in [4.78, 5) is 25.9. The highest BCUT2D eigenvalue weighted by atomic mass is 35.5. The Morgan fingerprint density at radius 2 is 2.15 bits per heavy atom. The molecule has 0 saturated carbocycles. The van der Waals surface area contributed by atoms with Gasteiger partial charge >= 0.3 is 0 Å². The molecule has 1 N–H and O–H groups in total. The van der Waals surface area contributed by atoms with E-state index in [-0.39, 0.29) is 10.7 Å². The van der Waals surface area contributed by atoms with Crippen molar-refractivity contribution in [1.82, 2.24) is 10.4 Å². The Kier molecular flexibility index (Phi) is 5.04. The largest absolute Gasteiger partial charge is 0.455 e. The van der Waals surface area contributed by atoms with Crippen LogP contribution in [-0.2, 0) is 0 Å². The Labute approximate surface area is 152 Å². The van der Waals surface area contributed by atoms with Gasteiger partial charge in [-0.2, -0.15) is 5.10 Å². The van der Waals surface area contributed by atoms with E-state index >= 15 is 0 Å². The van der Waals surface area contributed by atoms with Crippen LogP contribution in [0.25, 0.3) is 11.3 Å². The summed E-state index contributed by atoms with van der Waals surface area (Å²) in [5.74, 6) is 0.394. The molecule has 0 bridgehead atoms. The highest BCUT2D eigenvalue weighted by molar-refractivity contribution is 6.33. The summed E-state index contributed by atoms with van der Waals surface area (Å²) >= 11 is 6.07. The lowest BCUT2D eigenvalue weighted by Gasteiger charge is -2.00. The van der Waals surface area contributed by atoms with E-state index in [9.17, 15) is 14.9 Å². The average Bonchev–Trinajstić information content (AvgIpc) is 3.10. The minimum Gasteiger partial charge on any atom is -0.455 e. The van der Waals surface area contributed by atoms with Crippen LogP contribution in [-0.4, -0.2) is 22.0 Å². The molecule has 130 valence electrons.